The van der Waals surface area contributed by atoms with E-state index in [1.807, 2.05) is 9.80 Å². The third-order valence-corrected chi connectivity index (χ3v) is 5.17. The summed E-state index contributed by atoms with van der Waals surface area (Å²) in [6.45, 7) is 4.69. The highest BCUT2D eigenvalue weighted by atomic mass is 19.4. The predicted octanol–water partition coefficient (Wildman–Crippen LogP) is 2.16. The predicted molar refractivity (Wildman–Crippen MR) is 105 cm³/mol. The molecule has 0 aliphatic carbocycles. The zero-order valence-electron chi connectivity index (χ0n) is 16.8. The van der Waals surface area contributed by atoms with Gasteiger partial charge in [-0.05, 0) is 25.1 Å². The van der Waals surface area contributed by atoms with Gasteiger partial charge in [0.05, 0.1) is 49.9 Å². The topological polar surface area (TPSA) is 71.1 Å². The lowest BCUT2D eigenvalue weighted by molar-refractivity contribution is -0.137. The smallest absolute Gasteiger partial charge is 0.378 e. The average molecular weight is 429 g/mol. The first kappa shape index (κ1) is 22.5. The van der Waals surface area contributed by atoms with E-state index in [1.165, 1.54) is 13.0 Å². The number of nitrogens with one attached hydrogen (secondary N) is 1. The van der Waals surface area contributed by atoms with Gasteiger partial charge < -0.3 is 19.7 Å². The second-order valence-electron chi connectivity index (χ2n) is 7.48. The Labute approximate surface area is 173 Å². The van der Waals surface area contributed by atoms with Crippen molar-refractivity contribution >= 4 is 23.1 Å². The Balaban J connectivity index is 1.77. The van der Waals surface area contributed by atoms with E-state index in [-0.39, 0.29) is 30.5 Å². The molecule has 10 heteroatoms. The summed E-state index contributed by atoms with van der Waals surface area (Å²) in [4.78, 5) is 27.9. The molecule has 7 nitrogen and oxygen atoms in total. The van der Waals surface area contributed by atoms with Crippen molar-refractivity contribution in [2.75, 3.05) is 62.8 Å². The van der Waals surface area contributed by atoms with E-state index in [1.54, 1.807) is 0 Å². The molecule has 30 heavy (non-hydrogen) atoms. The normalized spacial score (nSPS) is 20.8. The van der Waals surface area contributed by atoms with Crippen LogP contribution in [-0.4, -0.2) is 75.2 Å². The van der Waals surface area contributed by atoms with Gasteiger partial charge in [-0.3, -0.25) is 14.5 Å². The number of Topliss-reactive ketones (excluding diaryl/α,β-unsaturated/α-hetero) is 1. The van der Waals surface area contributed by atoms with Crippen LogP contribution in [0.4, 0.5) is 24.5 Å². The number of nitrogens with zero attached hydrogens (tertiary/aromatic N) is 2. The van der Waals surface area contributed by atoms with E-state index < -0.39 is 17.6 Å². The van der Waals surface area contributed by atoms with Crippen LogP contribution in [0, 0.1) is 0 Å². The zero-order chi connectivity index (χ0) is 21.7. The number of morpholine rings is 2. The maximum absolute atomic E-state index is 13.2. The summed E-state index contributed by atoms with van der Waals surface area (Å²) in [5, 5.41) is 2.65. The standard InChI is InChI=1S/C20H26F3N3O4/c1-14(27)10-16-13-30-9-6-26(16)12-19(28)24-17-11-15(20(21,22)23)2-3-18(17)25-4-7-29-8-5-25/h2-3,11,16H,4-10,12-13H2,1H3,(H,24,28). The highest BCUT2D eigenvalue weighted by Gasteiger charge is 2.32. The van der Waals surface area contributed by atoms with Gasteiger partial charge >= 0.3 is 6.18 Å². The van der Waals surface area contributed by atoms with Gasteiger partial charge in [0.15, 0.2) is 0 Å². The molecule has 3 rings (SSSR count). The van der Waals surface area contributed by atoms with Crippen molar-refractivity contribution in [2.45, 2.75) is 25.6 Å². The molecule has 2 heterocycles. The number of anilines is 2. The Hall–Kier alpha value is -2.17. The molecule has 2 aliphatic heterocycles. The third kappa shape index (κ3) is 5.93. The molecule has 1 unspecified atom stereocenters. The zero-order valence-corrected chi connectivity index (χ0v) is 16.8. The molecule has 1 N–H and O–H groups in total. The van der Waals surface area contributed by atoms with Gasteiger partial charge in [0, 0.05) is 32.1 Å². The second-order valence-corrected chi connectivity index (χ2v) is 7.48. The first-order valence-electron chi connectivity index (χ1n) is 9.89. The van der Waals surface area contributed by atoms with E-state index in [2.05, 4.69) is 5.32 Å². The van der Waals surface area contributed by atoms with Crippen molar-refractivity contribution in [2.24, 2.45) is 0 Å². The number of rotatable bonds is 6. The molecular weight excluding hydrogens is 403 g/mol. The molecule has 2 saturated heterocycles. The Morgan fingerprint density at radius 1 is 1.13 bits per heavy atom. The van der Waals surface area contributed by atoms with Gasteiger partial charge in [0.25, 0.3) is 0 Å². The summed E-state index contributed by atoms with van der Waals surface area (Å²) >= 11 is 0. The van der Waals surface area contributed by atoms with E-state index in [0.29, 0.717) is 51.7 Å². The maximum atomic E-state index is 13.2. The van der Waals surface area contributed by atoms with Gasteiger partial charge in [-0.25, -0.2) is 0 Å². The quantitative estimate of drug-likeness (QED) is 0.748. The molecule has 1 atom stereocenters. The van der Waals surface area contributed by atoms with Crippen LogP contribution < -0.4 is 10.2 Å². The number of carbonyl (C=O) groups excluding carboxylic acids is 2. The molecule has 1 amide bonds. The van der Waals surface area contributed by atoms with Crippen molar-refractivity contribution in [3.8, 4) is 0 Å². The average Bonchev–Trinajstić information content (AvgIpc) is 2.69. The Morgan fingerprint density at radius 2 is 1.83 bits per heavy atom. The van der Waals surface area contributed by atoms with Gasteiger partial charge in [-0.2, -0.15) is 13.2 Å². The molecule has 0 bridgehead atoms. The lowest BCUT2D eigenvalue weighted by Crippen LogP contribution is -2.49. The number of amides is 1. The highest BCUT2D eigenvalue weighted by Crippen LogP contribution is 2.35. The van der Waals surface area contributed by atoms with Crippen molar-refractivity contribution in [1.82, 2.24) is 4.90 Å². The van der Waals surface area contributed by atoms with E-state index in [9.17, 15) is 22.8 Å². The Bertz CT molecular complexity index is 766. The molecule has 2 aliphatic rings. The van der Waals surface area contributed by atoms with E-state index >= 15 is 0 Å². The summed E-state index contributed by atoms with van der Waals surface area (Å²) in [7, 11) is 0. The first-order valence-corrected chi connectivity index (χ1v) is 9.89. The largest absolute Gasteiger partial charge is 0.416 e. The molecule has 2 fully saturated rings. The van der Waals surface area contributed by atoms with Crippen LogP contribution >= 0.6 is 0 Å². The first-order chi connectivity index (χ1) is 14.2. The Kier molecular flexibility index (Phi) is 7.32. The fourth-order valence-electron chi connectivity index (χ4n) is 3.68. The molecule has 166 valence electrons. The minimum absolute atomic E-state index is 0.0107. The highest BCUT2D eigenvalue weighted by molar-refractivity contribution is 5.96. The molecule has 0 radical (unpaired) electrons. The van der Waals surface area contributed by atoms with Crippen LogP contribution in [0.3, 0.4) is 0 Å². The van der Waals surface area contributed by atoms with Crippen molar-refractivity contribution in [3.63, 3.8) is 0 Å². The number of hydrogen-bond donors (Lipinski definition) is 1. The SMILES string of the molecule is CC(=O)CC1COCCN1CC(=O)Nc1cc(C(F)(F)F)ccc1N1CCOCC1. The summed E-state index contributed by atoms with van der Waals surface area (Å²) in [6, 6.07) is 3.15. The number of hydrogen-bond acceptors (Lipinski definition) is 6. The maximum Gasteiger partial charge on any atom is 0.416 e. The summed E-state index contributed by atoms with van der Waals surface area (Å²) in [5.41, 5.74) is -0.175. The van der Waals surface area contributed by atoms with Crippen LogP contribution in [-0.2, 0) is 25.2 Å². The second kappa shape index (κ2) is 9.76. The summed E-state index contributed by atoms with van der Waals surface area (Å²) < 4.78 is 50.4. The summed E-state index contributed by atoms with van der Waals surface area (Å²) in [6.07, 6.45) is -4.25. The summed E-state index contributed by atoms with van der Waals surface area (Å²) in [5.74, 6) is -0.442. The van der Waals surface area contributed by atoms with Crippen molar-refractivity contribution in [1.29, 1.82) is 0 Å². The van der Waals surface area contributed by atoms with Gasteiger partial charge in [0.1, 0.15) is 5.78 Å². The number of ketones is 1. The van der Waals surface area contributed by atoms with Crippen LogP contribution in [0.2, 0.25) is 0 Å². The van der Waals surface area contributed by atoms with E-state index in [4.69, 9.17) is 9.47 Å². The molecule has 1 aromatic rings. The van der Waals surface area contributed by atoms with Gasteiger partial charge in [-0.1, -0.05) is 0 Å². The van der Waals surface area contributed by atoms with Crippen LogP contribution in [0.1, 0.15) is 18.9 Å². The molecule has 0 aromatic heterocycles. The number of alkyl halides is 3. The van der Waals surface area contributed by atoms with Crippen molar-refractivity contribution < 1.29 is 32.2 Å². The fraction of sp³-hybridized carbons (Fsp3) is 0.600. The molecule has 0 spiro atoms. The molecular formula is C20H26F3N3O4. The lowest BCUT2D eigenvalue weighted by Gasteiger charge is -2.35. The molecule has 1 aromatic carbocycles. The van der Waals surface area contributed by atoms with Gasteiger partial charge in [-0.15, -0.1) is 0 Å². The minimum atomic E-state index is -4.51. The van der Waals surface area contributed by atoms with Crippen molar-refractivity contribution in [3.05, 3.63) is 23.8 Å². The fourth-order valence-corrected chi connectivity index (χ4v) is 3.68. The monoisotopic (exact) mass is 429 g/mol. The number of halogens is 3. The minimum Gasteiger partial charge on any atom is -0.378 e. The van der Waals surface area contributed by atoms with Crippen LogP contribution in [0.25, 0.3) is 0 Å². The Morgan fingerprint density at radius 3 is 2.50 bits per heavy atom. The third-order valence-electron chi connectivity index (χ3n) is 5.17. The number of benzene rings is 1. The van der Waals surface area contributed by atoms with E-state index in [0.717, 1.165) is 12.1 Å². The number of ether oxygens (including phenoxy) is 2. The number of carbonyl (C=O) groups is 2. The lowest BCUT2D eigenvalue weighted by atomic mass is 10.1. The molecule has 0 saturated carbocycles. The van der Waals surface area contributed by atoms with Gasteiger partial charge in [0.2, 0.25) is 5.91 Å². The van der Waals surface area contributed by atoms with Crippen LogP contribution in [0.15, 0.2) is 18.2 Å². The van der Waals surface area contributed by atoms with Crippen LogP contribution in [0.5, 0.6) is 0 Å².